The van der Waals surface area contributed by atoms with Crippen molar-refractivity contribution in [3.05, 3.63) is 29.6 Å². The first-order valence-corrected chi connectivity index (χ1v) is 7.29. The molecule has 2 rings (SSSR count). The van der Waals surface area contributed by atoms with E-state index in [1.54, 1.807) is 0 Å². The molecule has 0 saturated carbocycles. The van der Waals surface area contributed by atoms with Crippen LogP contribution in [0, 0.1) is 6.92 Å². The van der Waals surface area contributed by atoms with Crippen molar-refractivity contribution in [2.24, 2.45) is 0 Å². The number of nitrogens with zero attached hydrogens (tertiary/aromatic N) is 2. The molecule has 2 heterocycles. The van der Waals surface area contributed by atoms with Gasteiger partial charge in [0.1, 0.15) is 5.60 Å². The molecule has 4 heteroatoms. The molecule has 0 aliphatic carbocycles. The Bertz CT molecular complexity index is 462. The van der Waals surface area contributed by atoms with E-state index in [0.29, 0.717) is 0 Å². The van der Waals surface area contributed by atoms with Crippen LogP contribution in [0.4, 0.5) is 4.79 Å². The second kappa shape index (κ2) is 5.81. The van der Waals surface area contributed by atoms with Crippen LogP contribution in [-0.2, 0) is 4.74 Å². The van der Waals surface area contributed by atoms with Gasteiger partial charge in [0.25, 0.3) is 0 Å². The van der Waals surface area contributed by atoms with Crippen LogP contribution in [0.5, 0.6) is 0 Å². The van der Waals surface area contributed by atoms with Crippen LogP contribution in [0.25, 0.3) is 0 Å². The quantitative estimate of drug-likeness (QED) is 0.782. The molecule has 0 radical (unpaired) electrons. The number of ether oxygens (including phenoxy) is 1. The number of carbonyl (C=O) groups is 1. The zero-order chi connectivity index (χ0) is 14.8. The van der Waals surface area contributed by atoms with Gasteiger partial charge in [-0.05, 0) is 58.6 Å². The fraction of sp³-hybridized carbons (Fsp3) is 0.625. The first-order valence-electron chi connectivity index (χ1n) is 7.29. The standard InChI is InChI=1S/C16H24N2O2/c1-12-8-9-13(11-17-12)14-7-5-6-10-18(14)15(19)20-16(2,3)4/h8-9,11,14H,5-7,10H2,1-4H3. The smallest absolute Gasteiger partial charge is 0.410 e. The summed E-state index contributed by atoms with van der Waals surface area (Å²) in [5.41, 5.74) is 1.64. The number of hydrogen-bond donors (Lipinski definition) is 0. The Balaban J connectivity index is 2.16. The van der Waals surface area contributed by atoms with Gasteiger partial charge in [-0.15, -0.1) is 0 Å². The second-order valence-electron chi connectivity index (χ2n) is 6.42. The highest BCUT2D eigenvalue weighted by atomic mass is 16.6. The Morgan fingerprint density at radius 1 is 1.35 bits per heavy atom. The molecule has 1 fully saturated rings. The molecule has 0 spiro atoms. The number of likely N-dealkylation sites (tertiary alicyclic amines) is 1. The molecule has 20 heavy (non-hydrogen) atoms. The lowest BCUT2D eigenvalue weighted by atomic mass is 9.97. The number of rotatable bonds is 1. The summed E-state index contributed by atoms with van der Waals surface area (Å²) in [6.45, 7) is 8.43. The van der Waals surface area contributed by atoms with E-state index in [0.717, 1.165) is 37.1 Å². The van der Waals surface area contributed by atoms with E-state index in [1.165, 1.54) is 0 Å². The van der Waals surface area contributed by atoms with Crippen molar-refractivity contribution in [3.8, 4) is 0 Å². The molecule has 1 aliphatic heterocycles. The topological polar surface area (TPSA) is 42.4 Å². The van der Waals surface area contributed by atoms with Crippen LogP contribution >= 0.6 is 0 Å². The van der Waals surface area contributed by atoms with E-state index in [1.807, 2.05) is 44.9 Å². The van der Waals surface area contributed by atoms with Gasteiger partial charge in [0.05, 0.1) is 6.04 Å². The molecular weight excluding hydrogens is 252 g/mol. The number of aromatic nitrogens is 1. The Kier molecular flexibility index (Phi) is 4.31. The number of piperidine rings is 1. The van der Waals surface area contributed by atoms with E-state index in [4.69, 9.17) is 4.74 Å². The summed E-state index contributed by atoms with van der Waals surface area (Å²) in [5.74, 6) is 0. The zero-order valence-corrected chi connectivity index (χ0v) is 12.8. The minimum Gasteiger partial charge on any atom is -0.444 e. The number of pyridine rings is 1. The van der Waals surface area contributed by atoms with Crippen LogP contribution < -0.4 is 0 Å². The molecule has 0 bridgehead atoms. The van der Waals surface area contributed by atoms with Crippen molar-refractivity contribution in [3.63, 3.8) is 0 Å². The first-order chi connectivity index (χ1) is 9.37. The summed E-state index contributed by atoms with van der Waals surface area (Å²) in [7, 11) is 0. The lowest BCUT2D eigenvalue weighted by molar-refractivity contribution is 0.00948. The fourth-order valence-electron chi connectivity index (χ4n) is 2.49. The molecule has 1 aliphatic rings. The van der Waals surface area contributed by atoms with Crippen LogP contribution in [0.15, 0.2) is 18.3 Å². The van der Waals surface area contributed by atoms with Crippen molar-refractivity contribution in [2.75, 3.05) is 6.54 Å². The average molecular weight is 276 g/mol. The third kappa shape index (κ3) is 3.71. The molecular formula is C16H24N2O2. The van der Waals surface area contributed by atoms with Crippen LogP contribution in [0.3, 0.4) is 0 Å². The molecule has 4 nitrogen and oxygen atoms in total. The van der Waals surface area contributed by atoms with E-state index in [2.05, 4.69) is 11.1 Å². The molecule has 0 N–H and O–H groups in total. The van der Waals surface area contributed by atoms with Crippen molar-refractivity contribution in [1.82, 2.24) is 9.88 Å². The second-order valence-corrected chi connectivity index (χ2v) is 6.42. The minimum atomic E-state index is -0.454. The van der Waals surface area contributed by atoms with Crippen molar-refractivity contribution in [2.45, 2.75) is 58.6 Å². The summed E-state index contributed by atoms with van der Waals surface area (Å²) in [5, 5.41) is 0. The Hall–Kier alpha value is -1.58. The Morgan fingerprint density at radius 2 is 2.10 bits per heavy atom. The highest BCUT2D eigenvalue weighted by Gasteiger charge is 2.31. The lowest BCUT2D eigenvalue weighted by Gasteiger charge is -2.36. The number of amides is 1. The molecule has 1 amide bonds. The summed E-state index contributed by atoms with van der Waals surface area (Å²) in [6.07, 6.45) is 4.81. The van der Waals surface area contributed by atoms with Gasteiger partial charge in [-0.3, -0.25) is 4.98 Å². The molecule has 1 saturated heterocycles. The Morgan fingerprint density at radius 3 is 2.70 bits per heavy atom. The Labute approximate surface area is 121 Å². The third-order valence-electron chi connectivity index (χ3n) is 3.45. The predicted molar refractivity (Wildman–Crippen MR) is 78.5 cm³/mol. The van der Waals surface area contributed by atoms with Gasteiger partial charge < -0.3 is 9.64 Å². The van der Waals surface area contributed by atoms with E-state index >= 15 is 0 Å². The normalized spacial score (nSPS) is 19.8. The first kappa shape index (κ1) is 14.8. The average Bonchev–Trinajstić information content (AvgIpc) is 2.38. The molecule has 1 atom stereocenters. The summed E-state index contributed by atoms with van der Waals surface area (Å²) in [6, 6.07) is 4.15. The highest BCUT2D eigenvalue weighted by molar-refractivity contribution is 5.69. The highest BCUT2D eigenvalue weighted by Crippen LogP contribution is 2.31. The van der Waals surface area contributed by atoms with Gasteiger partial charge in [0.2, 0.25) is 0 Å². The van der Waals surface area contributed by atoms with Gasteiger partial charge in [-0.2, -0.15) is 0 Å². The lowest BCUT2D eigenvalue weighted by Crippen LogP contribution is -2.41. The maximum absolute atomic E-state index is 12.3. The monoisotopic (exact) mass is 276 g/mol. The van der Waals surface area contributed by atoms with Gasteiger partial charge in [-0.1, -0.05) is 6.07 Å². The summed E-state index contributed by atoms with van der Waals surface area (Å²) in [4.78, 5) is 18.5. The summed E-state index contributed by atoms with van der Waals surface area (Å²) < 4.78 is 5.52. The zero-order valence-electron chi connectivity index (χ0n) is 12.8. The molecule has 1 aromatic heterocycles. The van der Waals surface area contributed by atoms with E-state index < -0.39 is 5.60 Å². The SMILES string of the molecule is Cc1ccc(C2CCCCN2C(=O)OC(C)(C)C)cn1. The largest absolute Gasteiger partial charge is 0.444 e. The van der Waals surface area contributed by atoms with Crippen molar-refractivity contribution in [1.29, 1.82) is 0 Å². The molecule has 1 unspecified atom stereocenters. The molecule has 0 aromatic carbocycles. The van der Waals surface area contributed by atoms with Crippen molar-refractivity contribution < 1.29 is 9.53 Å². The number of hydrogen-bond acceptors (Lipinski definition) is 3. The van der Waals surface area contributed by atoms with Gasteiger partial charge in [-0.25, -0.2) is 4.79 Å². The molecule has 110 valence electrons. The van der Waals surface area contributed by atoms with E-state index in [-0.39, 0.29) is 12.1 Å². The third-order valence-corrected chi connectivity index (χ3v) is 3.45. The van der Waals surface area contributed by atoms with Crippen LogP contribution in [0.1, 0.15) is 57.3 Å². The number of aryl methyl sites for hydroxylation is 1. The van der Waals surface area contributed by atoms with Crippen molar-refractivity contribution >= 4 is 6.09 Å². The maximum Gasteiger partial charge on any atom is 0.410 e. The number of carbonyl (C=O) groups excluding carboxylic acids is 1. The van der Waals surface area contributed by atoms with Crippen LogP contribution in [0.2, 0.25) is 0 Å². The van der Waals surface area contributed by atoms with E-state index in [9.17, 15) is 4.79 Å². The summed E-state index contributed by atoms with van der Waals surface area (Å²) >= 11 is 0. The van der Waals surface area contributed by atoms with Gasteiger partial charge in [0.15, 0.2) is 0 Å². The minimum absolute atomic E-state index is 0.0895. The van der Waals surface area contributed by atoms with Crippen LogP contribution in [-0.4, -0.2) is 28.1 Å². The maximum atomic E-state index is 12.3. The van der Waals surface area contributed by atoms with Gasteiger partial charge >= 0.3 is 6.09 Å². The molecule has 1 aromatic rings. The fourth-order valence-corrected chi connectivity index (χ4v) is 2.49. The predicted octanol–water partition coefficient (Wildman–Crippen LogP) is 3.85. The van der Waals surface area contributed by atoms with Gasteiger partial charge in [0, 0.05) is 18.4 Å².